The van der Waals surface area contributed by atoms with Crippen LogP contribution in [0.1, 0.15) is 20.3 Å². The molecule has 0 spiro atoms. The molecule has 2 saturated heterocycles. The van der Waals surface area contributed by atoms with Gasteiger partial charge >= 0.3 is 0 Å². The van der Waals surface area contributed by atoms with Crippen molar-refractivity contribution in [3.8, 4) is 28.4 Å². The fourth-order valence-corrected chi connectivity index (χ4v) is 5.36. The van der Waals surface area contributed by atoms with Crippen molar-refractivity contribution in [1.29, 1.82) is 0 Å². The lowest BCUT2D eigenvalue weighted by Gasteiger charge is -2.21. The van der Waals surface area contributed by atoms with Gasteiger partial charge in [-0.3, -0.25) is 0 Å². The maximum atomic E-state index is 6.63. The summed E-state index contributed by atoms with van der Waals surface area (Å²) in [7, 11) is 0. The number of H-pyrrole nitrogens is 1. The van der Waals surface area contributed by atoms with Gasteiger partial charge in [0.25, 0.3) is 6.01 Å². The summed E-state index contributed by atoms with van der Waals surface area (Å²) in [6, 6.07) is 19.2. The molecule has 0 saturated carbocycles. The van der Waals surface area contributed by atoms with Crippen molar-refractivity contribution in [1.82, 2.24) is 15.0 Å². The van der Waals surface area contributed by atoms with Crippen LogP contribution < -0.4 is 9.64 Å². The molecular formula is C28H29ClN4O3. The second-order valence-electron chi connectivity index (χ2n) is 9.18. The van der Waals surface area contributed by atoms with E-state index in [9.17, 15) is 0 Å². The minimum absolute atomic E-state index is 0.0442. The standard InChI is InChI=1S/C28H29ClN4O3/c1-3-33(4-2)20-11-9-18(10-12-20)17-5-7-19(8-6-17)25-21(29)15-22-27(31-25)32-28(30-22)36-24-16-35-23-13-14-34-26(23)24/h5-12,15,23-24,26H,3-4,13-14,16H2,1-2H3,(H,30,31,32)/t23-,24-,26+/m1/s1. The summed E-state index contributed by atoms with van der Waals surface area (Å²) >= 11 is 6.63. The van der Waals surface area contributed by atoms with Crippen LogP contribution in [0.4, 0.5) is 5.69 Å². The van der Waals surface area contributed by atoms with Crippen molar-refractivity contribution < 1.29 is 14.2 Å². The SMILES string of the molecule is CCN(CC)c1ccc(-c2ccc(-c3nc4nc(O[C@@H]5CO[C@@H]6CCO[C@@H]65)[nH]c4cc3Cl)cc2)cc1. The summed E-state index contributed by atoms with van der Waals surface area (Å²) in [5.41, 5.74) is 6.46. The second-order valence-corrected chi connectivity index (χ2v) is 9.59. The maximum absolute atomic E-state index is 6.63. The molecule has 0 aliphatic carbocycles. The molecule has 7 nitrogen and oxygen atoms in total. The Hall–Kier alpha value is -3.13. The largest absolute Gasteiger partial charge is 0.456 e. The van der Waals surface area contributed by atoms with Crippen molar-refractivity contribution in [2.45, 2.75) is 38.6 Å². The predicted octanol–water partition coefficient (Wildman–Crippen LogP) is 5.73. The van der Waals surface area contributed by atoms with E-state index < -0.39 is 0 Å². The first-order chi connectivity index (χ1) is 17.6. The predicted molar refractivity (Wildman–Crippen MR) is 142 cm³/mol. The molecule has 0 bridgehead atoms. The summed E-state index contributed by atoms with van der Waals surface area (Å²) < 4.78 is 17.6. The Balaban J connectivity index is 1.21. The van der Waals surface area contributed by atoms with Gasteiger partial charge in [-0.1, -0.05) is 48.0 Å². The molecule has 8 heteroatoms. The molecular weight excluding hydrogens is 476 g/mol. The molecule has 0 unspecified atom stereocenters. The highest BCUT2D eigenvalue weighted by Gasteiger charge is 2.43. The number of hydrogen-bond donors (Lipinski definition) is 1. The van der Waals surface area contributed by atoms with Gasteiger partial charge in [0.1, 0.15) is 6.10 Å². The third-order valence-electron chi connectivity index (χ3n) is 7.08. The molecule has 2 fully saturated rings. The van der Waals surface area contributed by atoms with E-state index in [1.807, 2.05) is 18.2 Å². The van der Waals surface area contributed by atoms with Crippen molar-refractivity contribution in [3.05, 3.63) is 59.6 Å². The van der Waals surface area contributed by atoms with Crippen LogP contribution in [-0.2, 0) is 9.47 Å². The normalized spacial score (nSPS) is 21.1. The number of aromatic nitrogens is 3. The lowest BCUT2D eigenvalue weighted by molar-refractivity contribution is 0.0273. The molecule has 2 aromatic heterocycles. The van der Waals surface area contributed by atoms with Gasteiger partial charge in [-0.25, -0.2) is 4.98 Å². The Morgan fingerprint density at radius 1 is 0.972 bits per heavy atom. The number of halogens is 1. The Kier molecular flexibility index (Phi) is 6.29. The monoisotopic (exact) mass is 504 g/mol. The molecule has 2 aliphatic heterocycles. The van der Waals surface area contributed by atoms with E-state index >= 15 is 0 Å². The fraction of sp³-hybridized carbons (Fsp3) is 0.357. The maximum Gasteiger partial charge on any atom is 0.296 e. The number of nitrogens with zero attached hydrogens (tertiary/aromatic N) is 3. The highest BCUT2D eigenvalue weighted by atomic mass is 35.5. The number of pyridine rings is 1. The van der Waals surface area contributed by atoms with Crippen molar-refractivity contribution in [3.63, 3.8) is 0 Å². The summed E-state index contributed by atoms with van der Waals surface area (Å²) in [6.45, 7) is 7.54. The van der Waals surface area contributed by atoms with E-state index in [-0.39, 0.29) is 18.3 Å². The molecule has 4 aromatic rings. The minimum atomic E-state index is -0.179. The van der Waals surface area contributed by atoms with Crippen LogP contribution >= 0.6 is 11.6 Å². The van der Waals surface area contributed by atoms with Gasteiger partial charge in [0.05, 0.1) is 28.9 Å². The highest BCUT2D eigenvalue weighted by molar-refractivity contribution is 6.33. The van der Waals surface area contributed by atoms with E-state index in [0.717, 1.165) is 36.2 Å². The van der Waals surface area contributed by atoms with E-state index in [1.165, 1.54) is 11.3 Å². The third kappa shape index (κ3) is 4.32. The van der Waals surface area contributed by atoms with E-state index in [0.29, 0.717) is 35.6 Å². The van der Waals surface area contributed by atoms with Crippen LogP contribution in [0.3, 0.4) is 0 Å². The van der Waals surface area contributed by atoms with Gasteiger partial charge in [-0.05, 0) is 49.6 Å². The summed E-state index contributed by atoms with van der Waals surface area (Å²) in [5, 5.41) is 0.553. The number of hydrogen-bond acceptors (Lipinski definition) is 6. The van der Waals surface area contributed by atoms with Crippen LogP contribution in [0.5, 0.6) is 6.01 Å². The topological polar surface area (TPSA) is 72.5 Å². The smallest absolute Gasteiger partial charge is 0.296 e. The number of benzene rings is 2. The highest BCUT2D eigenvalue weighted by Crippen LogP contribution is 2.33. The van der Waals surface area contributed by atoms with Crippen molar-refractivity contribution in [2.24, 2.45) is 0 Å². The van der Waals surface area contributed by atoms with Crippen molar-refractivity contribution >= 4 is 28.5 Å². The van der Waals surface area contributed by atoms with Gasteiger partial charge < -0.3 is 24.1 Å². The number of nitrogens with one attached hydrogen (secondary N) is 1. The molecule has 2 aliphatic rings. The van der Waals surface area contributed by atoms with Gasteiger partial charge in [0, 0.05) is 30.9 Å². The Bertz CT molecular complexity index is 1350. The van der Waals surface area contributed by atoms with Crippen molar-refractivity contribution in [2.75, 3.05) is 31.2 Å². The van der Waals surface area contributed by atoms with Crippen LogP contribution in [0.25, 0.3) is 33.5 Å². The van der Waals surface area contributed by atoms with E-state index in [1.54, 1.807) is 0 Å². The summed E-state index contributed by atoms with van der Waals surface area (Å²) in [5.74, 6) is 0. The number of rotatable bonds is 7. The zero-order chi connectivity index (χ0) is 24.6. The average molecular weight is 505 g/mol. The number of fused-ring (bicyclic) bond motifs is 2. The first kappa shape index (κ1) is 23.3. The molecule has 0 amide bonds. The Morgan fingerprint density at radius 3 is 2.39 bits per heavy atom. The van der Waals surface area contributed by atoms with Crippen LogP contribution in [0.15, 0.2) is 54.6 Å². The quantitative estimate of drug-likeness (QED) is 0.346. The average Bonchev–Trinajstić information content (AvgIpc) is 3.62. The molecule has 186 valence electrons. The zero-order valence-electron chi connectivity index (χ0n) is 20.4. The van der Waals surface area contributed by atoms with E-state index in [4.69, 9.17) is 30.8 Å². The molecule has 1 N–H and O–H groups in total. The first-order valence-electron chi connectivity index (χ1n) is 12.5. The van der Waals surface area contributed by atoms with Crippen LogP contribution in [0, 0.1) is 0 Å². The van der Waals surface area contributed by atoms with Gasteiger partial charge in [-0.2, -0.15) is 4.98 Å². The molecule has 4 heterocycles. The Labute approximate surface area is 215 Å². The van der Waals surface area contributed by atoms with Crippen LogP contribution in [-0.4, -0.2) is 59.6 Å². The second kappa shape index (κ2) is 9.73. The third-order valence-corrected chi connectivity index (χ3v) is 7.36. The number of aromatic amines is 1. The minimum Gasteiger partial charge on any atom is -0.456 e. The number of imidazole rings is 1. The first-order valence-corrected chi connectivity index (χ1v) is 12.9. The fourth-order valence-electron chi connectivity index (χ4n) is 5.10. The molecule has 0 radical (unpaired) electrons. The molecule has 3 atom stereocenters. The Morgan fingerprint density at radius 2 is 1.67 bits per heavy atom. The zero-order valence-corrected chi connectivity index (χ0v) is 21.2. The molecule has 36 heavy (non-hydrogen) atoms. The lowest BCUT2D eigenvalue weighted by atomic mass is 10.0. The van der Waals surface area contributed by atoms with E-state index in [2.05, 4.69) is 65.1 Å². The summed E-state index contributed by atoms with van der Waals surface area (Å²) in [4.78, 5) is 14.8. The van der Waals surface area contributed by atoms with Gasteiger partial charge in [0.2, 0.25) is 0 Å². The lowest BCUT2D eigenvalue weighted by Crippen LogP contribution is -2.32. The van der Waals surface area contributed by atoms with Gasteiger partial charge in [-0.15, -0.1) is 0 Å². The number of anilines is 1. The summed E-state index contributed by atoms with van der Waals surface area (Å²) in [6.07, 6.45) is 0.798. The number of ether oxygens (including phenoxy) is 3. The molecule has 6 rings (SSSR count). The van der Waals surface area contributed by atoms with Crippen LogP contribution in [0.2, 0.25) is 5.02 Å². The molecule has 2 aromatic carbocycles. The van der Waals surface area contributed by atoms with Gasteiger partial charge in [0.15, 0.2) is 11.8 Å².